The van der Waals surface area contributed by atoms with Gasteiger partial charge in [0, 0.05) is 13.1 Å². The number of amides is 1. The first-order chi connectivity index (χ1) is 8.70. The lowest BCUT2D eigenvalue weighted by atomic mass is 10.2. The van der Waals surface area contributed by atoms with E-state index in [-0.39, 0.29) is 12.0 Å². The van der Waals surface area contributed by atoms with Gasteiger partial charge in [0.1, 0.15) is 11.9 Å². The summed E-state index contributed by atoms with van der Waals surface area (Å²) in [4.78, 5) is 13.7. The second-order valence-electron chi connectivity index (χ2n) is 4.48. The van der Waals surface area contributed by atoms with E-state index < -0.39 is 0 Å². The van der Waals surface area contributed by atoms with Crippen LogP contribution in [0.3, 0.4) is 0 Å². The van der Waals surface area contributed by atoms with E-state index in [1.54, 1.807) is 14.0 Å². The first-order valence-electron chi connectivity index (χ1n) is 6.24. The summed E-state index contributed by atoms with van der Waals surface area (Å²) in [6, 6.07) is 7.68. The molecule has 1 saturated heterocycles. The number of carbonyl (C=O) groups excluding carboxylic acids is 1. The first kappa shape index (κ1) is 12.9. The Morgan fingerprint density at radius 2 is 2.22 bits per heavy atom. The lowest BCUT2D eigenvalue weighted by Gasteiger charge is -2.33. The van der Waals surface area contributed by atoms with Gasteiger partial charge in [0.25, 0.3) is 5.91 Å². The fraction of sp³-hybridized carbons (Fsp3) is 0.500. The van der Waals surface area contributed by atoms with E-state index in [9.17, 15) is 4.79 Å². The molecule has 0 bridgehead atoms. The Hall–Kier alpha value is -1.55. The lowest BCUT2D eigenvalue weighted by Crippen LogP contribution is -2.47. The third-order valence-electron chi connectivity index (χ3n) is 3.15. The summed E-state index contributed by atoms with van der Waals surface area (Å²) >= 11 is 0. The molecule has 2 rings (SSSR count). The van der Waals surface area contributed by atoms with Crippen molar-refractivity contribution in [2.24, 2.45) is 0 Å². The molecule has 0 saturated carbocycles. The Labute approximate surface area is 107 Å². The van der Waals surface area contributed by atoms with E-state index in [2.05, 4.69) is 0 Å². The Bertz CT molecular complexity index is 415. The van der Waals surface area contributed by atoms with Crippen molar-refractivity contribution in [3.05, 3.63) is 29.8 Å². The highest BCUT2D eigenvalue weighted by atomic mass is 16.5. The molecule has 0 spiro atoms. The second-order valence-corrected chi connectivity index (χ2v) is 4.48. The average Bonchev–Trinajstić information content (AvgIpc) is 2.34. The summed E-state index contributed by atoms with van der Waals surface area (Å²) < 4.78 is 10.7. The van der Waals surface area contributed by atoms with Crippen molar-refractivity contribution < 1.29 is 14.3 Å². The van der Waals surface area contributed by atoms with Gasteiger partial charge in [-0.05, 0) is 31.0 Å². The van der Waals surface area contributed by atoms with Gasteiger partial charge in [-0.3, -0.25) is 4.79 Å². The van der Waals surface area contributed by atoms with E-state index in [0.717, 1.165) is 30.8 Å². The van der Waals surface area contributed by atoms with Crippen LogP contribution in [0.15, 0.2) is 24.3 Å². The average molecular weight is 249 g/mol. The van der Waals surface area contributed by atoms with Crippen LogP contribution in [-0.2, 0) is 16.1 Å². The largest absolute Gasteiger partial charge is 0.497 e. The lowest BCUT2D eigenvalue weighted by molar-refractivity contribution is -0.147. The van der Waals surface area contributed by atoms with Crippen molar-refractivity contribution in [3.63, 3.8) is 0 Å². The number of ether oxygens (including phenoxy) is 2. The molecule has 1 aromatic rings. The van der Waals surface area contributed by atoms with Gasteiger partial charge in [-0.1, -0.05) is 12.1 Å². The zero-order chi connectivity index (χ0) is 13.0. The van der Waals surface area contributed by atoms with Crippen LogP contribution in [0, 0.1) is 0 Å². The van der Waals surface area contributed by atoms with Crippen LogP contribution >= 0.6 is 0 Å². The number of likely N-dealkylation sites (tertiary alicyclic amines) is 1. The van der Waals surface area contributed by atoms with E-state index in [0.29, 0.717) is 6.61 Å². The van der Waals surface area contributed by atoms with Gasteiger partial charge in [0.15, 0.2) is 0 Å². The number of nitrogens with zero attached hydrogens (tertiary/aromatic N) is 1. The summed E-state index contributed by atoms with van der Waals surface area (Å²) in [7, 11) is 1.63. The van der Waals surface area contributed by atoms with Crippen LogP contribution in [-0.4, -0.2) is 37.1 Å². The molecule has 1 aromatic carbocycles. The normalized spacial score (nSPS) is 16.0. The maximum absolute atomic E-state index is 11.8. The number of rotatable bonds is 5. The van der Waals surface area contributed by atoms with E-state index in [1.165, 1.54) is 0 Å². The highest BCUT2D eigenvalue weighted by Crippen LogP contribution is 2.15. The minimum atomic E-state index is -0.378. The van der Waals surface area contributed by atoms with Crippen molar-refractivity contribution in [2.75, 3.05) is 20.2 Å². The molecule has 98 valence electrons. The molecule has 0 radical (unpaired) electrons. The zero-order valence-electron chi connectivity index (χ0n) is 10.9. The molecule has 0 N–H and O–H groups in total. The Morgan fingerprint density at radius 1 is 1.44 bits per heavy atom. The molecule has 0 aliphatic carbocycles. The van der Waals surface area contributed by atoms with E-state index in [1.807, 2.05) is 29.2 Å². The van der Waals surface area contributed by atoms with Crippen molar-refractivity contribution in [1.82, 2.24) is 4.90 Å². The SMILES string of the molecule is COc1cccc(CO[C@@H](C)C(=O)N2CCC2)c1. The second kappa shape index (κ2) is 5.87. The molecule has 0 unspecified atom stereocenters. The molecular formula is C14H19NO3. The van der Waals surface area contributed by atoms with Gasteiger partial charge in [0.05, 0.1) is 13.7 Å². The first-order valence-corrected chi connectivity index (χ1v) is 6.24. The number of hydrogen-bond donors (Lipinski definition) is 0. The standard InChI is InChI=1S/C14H19NO3/c1-11(14(16)15-7-4-8-15)18-10-12-5-3-6-13(9-12)17-2/h3,5-6,9,11H,4,7-8,10H2,1-2H3/t11-/m0/s1. The van der Waals surface area contributed by atoms with Gasteiger partial charge in [-0.2, -0.15) is 0 Å². The molecular weight excluding hydrogens is 230 g/mol. The molecule has 4 heteroatoms. The Morgan fingerprint density at radius 3 is 2.83 bits per heavy atom. The van der Waals surface area contributed by atoms with Crippen molar-refractivity contribution in [1.29, 1.82) is 0 Å². The fourth-order valence-electron chi connectivity index (χ4n) is 1.85. The minimum Gasteiger partial charge on any atom is -0.497 e. The maximum atomic E-state index is 11.8. The number of carbonyl (C=O) groups is 1. The number of methoxy groups -OCH3 is 1. The van der Waals surface area contributed by atoms with Crippen LogP contribution in [0.1, 0.15) is 18.9 Å². The highest BCUT2D eigenvalue weighted by Gasteiger charge is 2.25. The molecule has 1 aliphatic heterocycles. The maximum Gasteiger partial charge on any atom is 0.251 e. The summed E-state index contributed by atoms with van der Waals surface area (Å²) in [5.41, 5.74) is 1.01. The van der Waals surface area contributed by atoms with Crippen molar-refractivity contribution >= 4 is 5.91 Å². The summed E-state index contributed by atoms with van der Waals surface area (Å²) in [5, 5.41) is 0. The Kier molecular flexibility index (Phi) is 4.20. The molecule has 1 amide bonds. The number of hydrogen-bond acceptors (Lipinski definition) is 3. The molecule has 1 fully saturated rings. The van der Waals surface area contributed by atoms with E-state index in [4.69, 9.17) is 9.47 Å². The van der Waals surface area contributed by atoms with Crippen LogP contribution < -0.4 is 4.74 Å². The predicted molar refractivity (Wildman–Crippen MR) is 68.4 cm³/mol. The van der Waals surface area contributed by atoms with Gasteiger partial charge in [0.2, 0.25) is 0 Å². The third kappa shape index (κ3) is 3.01. The zero-order valence-corrected chi connectivity index (χ0v) is 10.9. The number of benzene rings is 1. The van der Waals surface area contributed by atoms with Crippen LogP contribution in [0.5, 0.6) is 5.75 Å². The van der Waals surface area contributed by atoms with E-state index >= 15 is 0 Å². The molecule has 18 heavy (non-hydrogen) atoms. The third-order valence-corrected chi connectivity index (χ3v) is 3.15. The van der Waals surface area contributed by atoms with Crippen molar-refractivity contribution in [3.8, 4) is 5.75 Å². The molecule has 4 nitrogen and oxygen atoms in total. The predicted octanol–water partition coefficient (Wildman–Crippen LogP) is 1.83. The monoisotopic (exact) mass is 249 g/mol. The smallest absolute Gasteiger partial charge is 0.251 e. The molecule has 0 aromatic heterocycles. The molecule has 1 heterocycles. The minimum absolute atomic E-state index is 0.0872. The summed E-state index contributed by atoms with van der Waals surface area (Å²) in [6.45, 7) is 3.97. The van der Waals surface area contributed by atoms with Gasteiger partial charge < -0.3 is 14.4 Å². The van der Waals surface area contributed by atoms with Crippen LogP contribution in [0.4, 0.5) is 0 Å². The van der Waals surface area contributed by atoms with Crippen LogP contribution in [0.2, 0.25) is 0 Å². The summed E-state index contributed by atoms with van der Waals surface area (Å²) in [5.74, 6) is 0.891. The molecule has 1 atom stereocenters. The quantitative estimate of drug-likeness (QED) is 0.799. The Balaban J connectivity index is 1.84. The van der Waals surface area contributed by atoms with Gasteiger partial charge in [-0.15, -0.1) is 0 Å². The van der Waals surface area contributed by atoms with Crippen LogP contribution in [0.25, 0.3) is 0 Å². The highest BCUT2D eigenvalue weighted by molar-refractivity contribution is 5.81. The molecule has 1 aliphatic rings. The van der Waals surface area contributed by atoms with Crippen molar-refractivity contribution in [2.45, 2.75) is 26.1 Å². The fourth-order valence-corrected chi connectivity index (χ4v) is 1.85. The van der Waals surface area contributed by atoms with Gasteiger partial charge in [-0.25, -0.2) is 0 Å². The summed E-state index contributed by atoms with van der Waals surface area (Å²) in [6.07, 6.45) is 0.727. The topological polar surface area (TPSA) is 38.8 Å². The van der Waals surface area contributed by atoms with Gasteiger partial charge >= 0.3 is 0 Å².